The number of carbonyl (C=O) groups excluding carboxylic acids is 2. The zero-order valence-electron chi connectivity index (χ0n) is 13.1. The molecule has 1 aliphatic heterocycles. The molecule has 0 aromatic carbocycles. The molecule has 0 spiro atoms. The fourth-order valence-corrected chi connectivity index (χ4v) is 2.96. The van der Waals surface area contributed by atoms with Crippen molar-refractivity contribution in [2.45, 2.75) is 59.0 Å². The number of oxime groups is 1. The Bertz CT molecular complexity index is 465. The summed E-state index contributed by atoms with van der Waals surface area (Å²) in [7, 11) is 0. The Morgan fingerprint density at radius 3 is 2.76 bits per heavy atom. The second kappa shape index (κ2) is 5.66. The second-order valence-electron chi connectivity index (χ2n) is 6.64. The first-order chi connectivity index (χ1) is 9.81. The fraction of sp³-hybridized carbons (Fsp3) is 0.800. The van der Waals surface area contributed by atoms with Gasteiger partial charge in [-0.2, -0.15) is 0 Å². The van der Waals surface area contributed by atoms with Crippen LogP contribution in [0.5, 0.6) is 0 Å². The molecule has 1 aliphatic carbocycles. The van der Waals surface area contributed by atoms with Gasteiger partial charge in [0.05, 0.1) is 18.2 Å². The van der Waals surface area contributed by atoms with Crippen molar-refractivity contribution in [2.24, 2.45) is 16.5 Å². The van der Waals surface area contributed by atoms with E-state index in [0.29, 0.717) is 12.8 Å². The zero-order chi connectivity index (χ0) is 15.7. The number of rotatable bonds is 3. The summed E-state index contributed by atoms with van der Waals surface area (Å²) in [5.74, 6) is -0.807. The summed E-state index contributed by atoms with van der Waals surface area (Å²) in [6, 6.07) is 0. The fourth-order valence-electron chi connectivity index (χ4n) is 2.96. The molecule has 0 aromatic rings. The quantitative estimate of drug-likeness (QED) is 0.591. The van der Waals surface area contributed by atoms with Crippen LogP contribution in [0.15, 0.2) is 5.16 Å². The van der Waals surface area contributed by atoms with Crippen LogP contribution in [0, 0.1) is 11.3 Å². The molecular formula is C15H23NO5. The highest BCUT2D eigenvalue weighted by atomic mass is 16.8. The Kier molecular flexibility index (Phi) is 4.25. The monoisotopic (exact) mass is 297 g/mol. The van der Waals surface area contributed by atoms with Crippen LogP contribution in [0.3, 0.4) is 0 Å². The van der Waals surface area contributed by atoms with E-state index in [0.717, 1.165) is 18.6 Å². The lowest BCUT2D eigenvalue weighted by atomic mass is 9.76. The number of esters is 1. The normalized spacial score (nSPS) is 27.6. The van der Waals surface area contributed by atoms with Gasteiger partial charge in [0.1, 0.15) is 0 Å². The Labute approximate surface area is 124 Å². The minimum absolute atomic E-state index is 0.121. The summed E-state index contributed by atoms with van der Waals surface area (Å²) in [6.45, 7) is 8.19. The number of hydrogen-bond donors (Lipinski definition) is 0. The second-order valence-corrected chi connectivity index (χ2v) is 6.64. The Hall–Kier alpha value is -1.59. The van der Waals surface area contributed by atoms with Gasteiger partial charge in [-0.1, -0.05) is 32.9 Å². The van der Waals surface area contributed by atoms with Gasteiger partial charge < -0.3 is 14.3 Å². The van der Waals surface area contributed by atoms with Crippen molar-refractivity contribution in [1.82, 2.24) is 0 Å². The molecule has 21 heavy (non-hydrogen) atoms. The maximum absolute atomic E-state index is 12.4. The summed E-state index contributed by atoms with van der Waals surface area (Å²) >= 11 is 0. The van der Waals surface area contributed by atoms with Gasteiger partial charge in [0, 0.05) is 11.8 Å². The average Bonchev–Trinajstić information content (AvgIpc) is 2.93. The van der Waals surface area contributed by atoms with Crippen LogP contribution in [-0.4, -0.2) is 30.0 Å². The van der Waals surface area contributed by atoms with Crippen molar-refractivity contribution in [2.75, 3.05) is 6.61 Å². The molecule has 6 heteroatoms. The number of carbonyl (C=O) groups is 2. The molecule has 0 saturated heterocycles. The van der Waals surface area contributed by atoms with Crippen molar-refractivity contribution in [1.29, 1.82) is 0 Å². The third kappa shape index (κ3) is 2.89. The first-order valence-electron chi connectivity index (χ1n) is 7.47. The molecule has 6 nitrogen and oxygen atoms in total. The third-order valence-electron chi connectivity index (χ3n) is 3.95. The maximum Gasteiger partial charge on any atom is 0.516 e. The van der Waals surface area contributed by atoms with E-state index in [1.807, 2.05) is 27.7 Å². The summed E-state index contributed by atoms with van der Waals surface area (Å²) in [4.78, 5) is 29.3. The van der Waals surface area contributed by atoms with Gasteiger partial charge in [0.15, 0.2) is 0 Å². The molecule has 2 unspecified atom stereocenters. The number of ether oxygens (including phenoxy) is 2. The Morgan fingerprint density at radius 2 is 2.14 bits per heavy atom. The molecular weight excluding hydrogens is 274 g/mol. The molecule has 0 aromatic heterocycles. The lowest BCUT2D eigenvalue weighted by molar-refractivity contribution is -0.167. The SMILES string of the molecule is CCCOC(=O)OC(=O)C12CCCC1C(C(C)(C)C)=NO2. The lowest BCUT2D eigenvalue weighted by Gasteiger charge is -2.27. The van der Waals surface area contributed by atoms with Crippen molar-refractivity contribution >= 4 is 17.8 Å². The maximum atomic E-state index is 12.4. The largest absolute Gasteiger partial charge is 0.516 e. The minimum Gasteiger partial charge on any atom is -0.434 e. The number of nitrogens with zero attached hydrogens (tertiary/aromatic N) is 1. The van der Waals surface area contributed by atoms with Gasteiger partial charge in [-0.25, -0.2) is 9.59 Å². The molecule has 1 saturated carbocycles. The molecule has 0 amide bonds. The molecule has 0 radical (unpaired) electrons. The summed E-state index contributed by atoms with van der Waals surface area (Å²) in [5, 5.41) is 4.12. The van der Waals surface area contributed by atoms with E-state index in [-0.39, 0.29) is 17.9 Å². The first-order valence-corrected chi connectivity index (χ1v) is 7.47. The molecule has 2 atom stereocenters. The topological polar surface area (TPSA) is 74.2 Å². The highest BCUT2D eigenvalue weighted by Gasteiger charge is 2.61. The average molecular weight is 297 g/mol. The lowest BCUT2D eigenvalue weighted by Crippen LogP contribution is -2.46. The zero-order valence-corrected chi connectivity index (χ0v) is 13.1. The van der Waals surface area contributed by atoms with E-state index in [1.54, 1.807) is 0 Å². The molecule has 2 aliphatic rings. The molecule has 2 rings (SSSR count). The van der Waals surface area contributed by atoms with E-state index in [2.05, 4.69) is 5.16 Å². The molecule has 0 N–H and O–H groups in total. The van der Waals surface area contributed by atoms with E-state index < -0.39 is 17.7 Å². The highest BCUT2D eigenvalue weighted by molar-refractivity contribution is 6.00. The highest BCUT2D eigenvalue weighted by Crippen LogP contribution is 2.48. The number of hydrogen-bond acceptors (Lipinski definition) is 6. The van der Waals surface area contributed by atoms with Crippen LogP contribution in [-0.2, 0) is 19.1 Å². The van der Waals surface area contributed by atoms with E-state index >= 15 is 0 Å². The summed E-state index contributed by atoms with van der Waals surface area (Å²) < 4.78 is 9.59. The van der Waals surface area contributed by atoms with Gasteiger partial charge >= 0.3 is 12.1 Å². The first kappa shape index (κ1) is 15.8. The van der Waals surface area contributed by atoms with E-state index in [4.69, 9.17) is 14.3 Å². The van der Waals surface area contributed by atoms with Crippen molar-refractivity contribution in [3.05, 3.63) is 0 Å². The van der Waals surface area contributed by atoms with Gasteiger partial charge in [-0.15, -0.1) is 0 Å². The van der Waals surface area contributed by atoms with Crippen molar-refractivity contribution in [3.8, 4) is 0 Å². The van der Waals surface area contributed by atoms with Crippen LogP contribution in [0.2, 0.25) is 0 Å². The van der Waals surface area contributed by atoms with Crippen molar-refractivity contribution in [3.63, 3.8) is 0 Å². The van der Waals surface area contributed by atoms with Crippen molar-refractivity contribution < 1.29 is 23.9 Å². The van der Waals surface area contributed by atoms with Crippen LogP contribution in [0.25, 0.3) is 0 Å². The third-order valence-corrected chi connectivity index (χ3v) is 3.95. The van der Waals surface area contributed by atoms with Gasteiger partial charge in [-0.3, -0.25) is 0 Å². The van der Waals surface area contributed by atoms with Gasteiger partial charge in [0.2, 0.25) is 5.60 Å². The smallest absolute Gasteiger partial charge is 0.434 e. The van der Waals surface area contributed by atoms with Crippen LogP contribution in [0.4, 0.5) is 4.79 Å². The molecule has 118 valence electrons. The van der Waals surface area contributed by atoms with Crippen LogP contribution < -0.4 is 0 Å². The van der Waals surface area contributed by atoms with Gasteiger partial charge in [0.25, 0.3) is 0 Å². The Morgan fingerprint density at radius 1 is 1.43 bits per heavy atom. The minimum atomic E-state index is -1.14. The van der Waals surface area contributed by atoms with Crippen LogP contribution in [0.1, 0.15) is 53.4 Å². The van der Waals surface area contributed by atoms with Crippen LogP contribution >= 0.6 is 0 Å². The summed E-state index contributed by atoms with van der Waals surface area (Å²) in [6.07, 6.45) is 1.88. The summed E-state index contributed by atoms with van der Waals surface area (Å²) in [5.41, 5.74) is -0.466. The predicted molar refractivity (Wildman–Crippen MR) is 75.8 cm³/mol. The number of fused-ring (bicyclic) bond motifs is 1. The molecule has 1 fully saturated rings. The Balaban J connectivity index is 2.09. The standard InChI is InChI=1S/C15H23NO5/c1-5-9-19-13(18)20-12(17)15-8-6-7-10(15)11(16-21-15)14(2,3)4/h10H,5-9H2,1-4H3. The van der Waals surface area contributed by atoms with Gasteiger partial charge in [-0.05, 0) is 19.3 Å². The predicted octanol–water partition coefficient (Wildman–Crippen LogP) is 3.05. The molecule has 0 bridgehead atoms. The van der Waals surface area contributed by atoms with E-state index in [1.165, 1.54) is 0 Å². The van der Waals surface area contributed by atoms with E-state index in [9.17, 15) is 9.59 Å². The molecule has 1 heterocycles.